The molecule has 46 heavy (non-hydrogen) atoms. The van der Waals surface area contributed by atoms with Gasteiger partial charge in [-0.05, 0) is 99.4 Å². The standard InChI is InChI=1S/C37H41FN6O2/c1-3-34(45)44-18-17-42(23-26(44)22-40-2)35-30-19-32(38)29(28-12-6-10-25-9-4-5-11-27(25)28)20-33(30)41-36(31(35)21-39)46-24-37-13-7-15-43(37)16-8-14-37/h3,6,10,12,19-20,26,30,33H,1,4-5,7-9,11,13-18,22-24H2/t26-,30?,33?/m0/s1. The van der Waals surface area contributed by atoms with Gasteiger partial charge in [0.25, 0.3) is 0 Å². The molecule has 0 bridgehead atoms. The second-order valence-corrected chi connectivity index (χ2v) is 13.5. The van der Waals surface area contributed by atoms with Crippen LogP contribution in [0, 0.1) is 23.8 Å². The number of rotatable bonds is 6. The molecule has 3 saturated heterocycles. The number of carbonyl (C=O) groups is 1. The molecular weight excluding hydrogens is 579 g/mol. The van der Waals surface area contributed by atoms with Gasteiger partial charge >= 0.3 is 0 Å². The predicted molar refractivity (Wildman–Crippen MR) is 175 cm³/mol. The van der Waals surface area contributed by atoms with Gasteiger partial charge in [-0.25, -0.2) is 16.0 Å². The summed E-state index contributed by atoms with van der Waals surface area (Å²) in [5.41, 5.74) is 4.97. The molecule has 238 valence electrons. The molecule has 0 saturated carbocycles. The van der Waals surface area contributed by atoms with E-state index < -0.39 is 12.0 Å². The summed E-state index contributed by atoms with van der Waals surface area (Å²) < 4.78 is 22.9. The molecule has 2 aliphatic carbocycles. The maximum absolute atomic E-state index is 16.3. The molecule has 6 aliphatic rings. The summed E-state index contributed by atoms with van der Waals surface area (Å²) in [6.45, 7) is 15.1. The third-order valence-electron chi connectivity index (χ3n) is 11.0. The predicted octanol–water partition coefficient (Wildman–Crippen LogP) is 5.25. The molecule has 3 atom stereocenters. The number of aliphatic imine (C=N–C) groups is 1. The number of fused-ring (bicyclic) bond motifs is 3. The summed E-state index contributed by atoms with van der Waals surface area (Å²) in [6.07, 6.45) is 13.4. The van der Waals surface area contributed by atoms with E-state index in [4.69, 9.17) is 16.3 Å². The topological polar surface area (TPSA) is 76.5 Å². The Hall–Kier alpha value is -4.21. The van der Waals surface area contributed by atoms with E-state index in [1.54, 1.807) is 11.0 Å². The third-order valence-corrected chi connectivity index (χ3v) is 11.0. The highest BCUT2D eigenvalue weighted by Crippen LogP contribution is 2.44. The number of carbonyl (C=O) groups excluding carboxylic acids is 1. The van der Waals surface area contributed by atoms with Crippen LogP contribution in [-0.2, 0) is 22.4 Å². The van der Waals surface area contributed by atoms with E-state index in [-0.39, 0.29) is 29.9 Å². The van der Waals surface area contributed by atoms with E-state index in [0.29, 0.717) is 49.0 Å². The van der Waals surface area contributed by atoms with Crippen molar-refractivity contribution in [2.24, 2.45) is 10.9 Å². The number of piperazine rings is 1. The minimum Gasteiger partial charge on any atom is -0.475 e. The Balaban J connectivity index is 1.28. The van der Waals surface area contributed by atoms with Crippen LogP contribution in [0.15, 0.2) is 65.1 Å². The zero-order valence-corrected chi connectivity index (χ0v) is 26.4. The number of nitriles is 1. The molecule has 4 heterocycles. The van der Waals surface area contributed by atoms with Gasteiger partial charge in [-0.1, -0.05) is 24.8 Å². The van der Waals surface area contributed by atoms with Crippen LogP contribution in [0.5, 0.6) is 0 Å². The van der Waals surface area contributed by atoms with E-state index in [2.05, 4.69) is 33.4 Å². The van der Waals surface area contributed by atoms with Crippen LogP contribution < -0.4 is 0 Å². The van der Waals surface area contributed by atoms with E-state index in [9.17, 15) is 10.1 Å². The summed E-state index contributed by atoms with van der Waals surface area (Å²) in [5, 5.41) is 10.6. The van der Waals surface area contributed by atoms with Crippen LogP contribution in [0.1, 0.15) is 55.2 Å². The average Bonchev–Trinajstić information content (AvgIpc) is 3.67. The molecule has 0 radical (unpaired) electrons. The number of aryl methyl sites for hydroxylation is 1. The van der Waals surface area contributed by atoms with Gasteiger partial charge in [-0.2, -0.15) is 5.26 Å². The number of amides is 1. The largest absolute Gasteiger partial charge is 0.475 e. The fraction of sp³-hybridized carbons (Fsp3) is 0.514. The molecule has 0 spiro atoms. The lowest BCUT2D eigenvalue weighted by Crippen LogP contribution is -2.57. The highest BCUT2D eigenvalue weighted by Gasteiger charge is 2.47. The number of halogens is 1. The molecule has 0 aromatic heterocycles. The van der Waals surface area contributed by atoms with E-state index in [0.717, 1.165) is 70.0 Å². The second kappa shape index (κ2) is 12.5. The zero-order chi connectivity index (χ0) is 31.8. The maximum atomic E-state index is 16.3. The first kappa shape index (κ1) is 30.4. The van der Waals surface area contributed by atoms with Crippen molar-refractivity contribution in [2.75, 3.05) is 45.9 Å². The third kappa shape index (κ3) is 5.25. The Labute approximate surface area is 271 Å². The zero-order valence-electron chi connectivity index (χ0n) is 26.4. The number of hydrogen-bond acceptors (Lipinski definition) is 6. The minimum atomic E-state index is -0.506. The van der Waals surface area contributed by atoms with Crippen molar-refractivity contribution in [3.8, 4) is 6.07 Å². The van der Waals surface area contributed by atoms with E-state index in [1.165, 1.54) is 17.2 Å². The van der Waals surface area contributed by atoms with Crippen LogP contribution in [0.3, 0.4) is 0 Å². The Morgan fingerprint density at radius 3 is 2.74 bits per heavy atom. The number of nitrogens with zero attached hydrogens (tertiary/aromatic N) is 6. The van der Waals surface area contributed by atoms with Crippen LogP contribution in [0.2, 0.25) is 0 Å². The van der Waals surface area contributed by atoms with Gasteiger partial charge in [0.1, 0.15) is 30.1 Å². The van der Waals surface area contributed by atoms with Gasteiger partial charge in [0.15, 0.2) is 0 Å². The smallest absolute Gasteiger partial charge is 0.246 e. The summed E-state index contributed by atoms with van der Waals surface area (Å²) in [6, 6.07) is 7.76. The fourth-order valence-corrected chi connectivity index (χ4v) is 8.78. The lowest BCUT2D eigenvalue weighted by atomic mass is 9.79. The first-order valence-electron chi connectivity index (χ1n) is 16.8. The van der Waals surface area contributed by atoms with Crippen LogP contribution in [0.4, 0.5) is 4.39 Å². The highest BCUT2D eigenvalue weighted by atomic mass is 19.1. The Kier molecular flexibility index (Phi) is 8.29. The van der Waals surface area contributed by atoms with Crippen LogP contribution in [-0.4, -0.2) is 90.0 Å². The van der Waals surface area contributed by atoms with Crippen molar-refractivity contribution < 1.29 is 13.9 Å². The number of dihydropyridines is 1. The molecule has 4 aliphatic heterocycles. The normalized spacial score (nSPS) is 26.9. The molecule has 8 nitrogen and oxygen atoms in total. The number of hydrogen-bond donors (Lipinski definition) is 0. The number of ether oxygens (including phenoxy) is 1. The lowest BCUT2D eigenvalue weighted by Gasteiger charge is -2.44. The fourth-order valence-electron chi connectivity index (χ4n) is 8.78. The summed E-state index contributed by atoms with van der Waals surface area (Å²) in [7, 11) is 0. The molecule has 9 heteroatoms. The molecule has 2 unspecified atom stereocenters. The van der Waals surface area contributed by atoms with Crippen molar-refractivity contribution in [3.05, 3.63) is 88.2 Å². The van der Waals surface area contributed by atoms with E-state index >= 15 is 4.39 Å². The van der Waals surface area contributed by atoms with Crippen LogP contribution >= 0.6 is 0 Å². The van der Waals surface area contributed by atoms with Crippen molar-refractivity contribution in [1.82, 2.24) is 14.7 Å². The minimum absolute atomic E-state index is 0.0276. The van der Waals surface area contributed by atoms with Crippen molar-refractivity contribution in [3.63, 3.8) is 0 Å². The first-order chi connectivity index (χ1) is 22.5. The van der Waals surface area contributed by atoms with Gasteiger partial charge in [0.2, 0.25) is 18.3 Å². The lowest BCUT2D eigenvalue weighted by molar-refractivity contribution is -0.130. The Morgan fingerprint density at radius 1 is 1.17 bits per heavy atom. The first-order valence-corrected chi connectivity index (χ1v) is 16.8. The SMILES string of the molecule is [C-]#[N+]C[C@H]1CN(C2=C(C#N)C(OCC34CCCN3CCC4)=NC3C=C(c4cccc5c4CCCC5)C(F)=CC23)CCN1C(=O)C=C. The summed E-state index contributed by atoms with van der Waals surface area (Å²) >= 11 is 0. The van der Waals surface area contributed by atoms with Crippen molar-refractivity contribution >= 4 is 17.4 Å². The van der Waals surface area contributed by atoms with Crippen LogP contribution in [0.25, 0.3) is 10.4 Å². The second-order valence-electron chi connectivity index (χ2n) is 13.5. The number of allylic oxidation sites excluding steroid dienone is 2. The Bertz CT molecular complexity index is 1630. The summed E-state index contributed by atoms with van der Waals surface area (Å²) in [4.78, 5) is 27.6. The van der Waals surface area contributed by atoms with Gasteiger partial charge in [0, 0.05) is 36.8 Å². The molecule has 1 aromatic rings. The van der Waals surface area contributed by atoms with Gasteiger partial charge in [-0.15, -0.1) is 0 Å². The van der Waals surface area contributed by atoms with Gasteiger partial charge in [0.05, 0.1) is 11.6 Å². The monoisotopic (exact) mass is 620 g/mol. The van der Waals surface area contributed by atoms with Gasteiger partial charge < -0.3 is 19.4 Å². The number of benzene rings is 1. The van der Waals surface area contributed by atoms with E-state index in [1.807, 2.05) is 18.2 Å². The van der Waals surface area contributed by atoms with Crippen molar-refractivity contribution in [1.29, 1.82) is 5.26 Å². The molecule has 0 N–H and O–H groups in total. The molecule has 1 amide bonds. The average molecular weight is 621 g/mol. The van der Waals surface area contributed by atoms with Crippen molar-refractivity contribution in [2.45, 2.75) is 69.0 Å². The molecular formula is C37H41FN6O2. The maximum Gasteiger partial charge on any atom is 0.246 e. The molecule has 1 aromatic carbocycles. The molecule has 7 rings (SSSR count). The molecule has 3 fully saturated rings. The quantitative estimate of drug-likeness (QED) is 0.321. The highest BCUT2D eigenvalue weighted by molar-refractivity contribution is 6.00. The summed E-state index contributed by atoms with van der Waals surface area (Å²) in [5.74, 6) is -0.707. The Morgan fingerprint density at radius 2 is 1.98 bits per heavy atom. The van der Waals surface area contributed by atoms with Gasteiger partial charge in [-0.3, -0.25) is 9.69 Å².